The largest absolute Gasteiger partial charge is 0.439 e. The fourth-order valence-corrected chi connectivity index (χ4v) is 2.38. The van der Waals surface area contributed by atoms with Crippen LogP contribution < -0.4 is 4.74 Å². The van der Waals surface area contributed by atoms with Crippen molar-refractivity contribution < 1.29 is 31.1 Å². The molecule has 0 fully saturated rings. The molecule has 0 aliphatic heterocycles. The van der Waals surface area contributed by atoms with Crippen molar-refractivity contribution in [1.82, 2.24) is 0 Å². The monoisotopic (exact) mass is 408 g/mol. The second kappa shape index (κ2) is 8.25. The minimum absolute atomic E-state index is 0.368. The van der Waals surface area contributed by atoms with Crippen molar-refractivity contribution in [3.05, 3.63) is 64.2 Å². The molecule has 1 nitrogen and oxygen atoms in total. The van der Waals surface area contributed by atoms with E-state index >= 15 is 0 Å². The second-order valence-corrected chi connectivity index (χ2v) is 6.09. The average molecular weight is 409 g/mol. The average Bonchev–Trinajstić information content (AvgIpc) is 2.61. The zero-order valence-electron chi connectivity index (χ0n) is 14.0. The summed E-state index contributed by atoms with van der Waals surface area (Å²) >= 11 is 5.78. The standard InChI is InChI=1S/C19H15ClF6O/c1-2-12-3-5-13(6-4-12)7-8-14-9-10-16(15(20)11-14)27-19(25,26)17(21)18(22,23)24/h3-11,17H,2H2,1H3. The Morgan fingerprint density at radius 2 is 1.52 bits per heavy atom. The van der Waals surface area contributed by atoms with Crippen LogP contribution in [0.25, 0.3) is 12.2 Å². The number of halogens is 7. The van der Waals surface area contributed by atoms with Crippen LogP contribution in [-0.4, -0.2) is 18.5 Å². The molecule has 1 atom stereocenters. The van der Waals surface area contributed by atoms with Crippen LogP contribution in [0.15, 0.2) is 42.5 Å². The quantitative estimate of drug-likeness (QED) is 0.371. The molecule has 0 saturated heterocycles. The lowest BCUT2D eigenvalue weighted by Gasteiger charge is -2.23. The van der Waals surface area contributed by atoms with Crippen LogP contribution in [0.3, 0.4) is 0 Å². The molecule has 0 bridgehead atoms. The predicted octanol–water partition coefficient (Wildman–Crippen LogP) is 6.94. The van der Waals surface area contributed by atoms with Gasteiger partial charge in [-0.25, -0.2) is 4.39 Å². The van der Waals surface area contributed by atoms with Gasteiger partial charge in [-0.3, -0.25) is 0 Å². The number of alkyl halides is 6. The Balaban J connectivity index is 2.13. The van der Waals surface area contributed by atoms with Gasteiger partial charge in [0.05, 0.1) is 5.02 Å². The van der Waals surface area contributed by atoms with Gasteiger partial charge in [-0.1, -0.05) is 61.0 Å². The van der Waals surface area contributed by atoms with Crippen molar-refractivity contribution in [2.45, 2.75) is 31.8 Å². The molecule has 1 unspecified atom stereocenters. The number of hydrogen-bond acceptors (Lipinski definition) is 1. The van der Waals surface area contributed by atoms with Gasteiger partial charge in [0.1, 0.15) is 5.75 Å². The minimum Gasteiger partial charge on any atom is -0.429 e. The number of ether oxygens (including phenoxy) is 1. The third kappa shape index (κ3) is 5.66. The van der Waals surface area contributed by atoms with Crippen LogP contribution in [-0.2, 0) is 6.42 Å². The Morgan fingerprint density at radius 3 is 2.04 bits per heavy atom. The van der Waals surface area contributed by atoms with Gasteiger partial charge in [0.25, 0.3) is 6.17 Å². The SMILES string of the molecule is CCc1ccc(C=Cc2ccc(OC(F)(F)C(F)C(F)(F)F)c(Cl)c2)cc1. The Bertz CT molecular complexity index is 799. The van der Waals surface area contributed by atoms with Crippen LogP contribution in [0.4, 0.5) is 26.3 Å². The lowest BCUT2D eigenvalue weighted by molar-refractivity contribution is -0.304. The van der Waals surface area contributed by atoms with E-state index in [1.165, 1.54) is 17.7 Å². The van der Waals surface area contributed by atoms with E-state index in [9.17, 15) is 26.3 Å². The molecule has 8 heteroatoms. The Morgan fingerprint density at radius 1 is 0.963 bits per heavy atom. The van der Waals surface area contributed by atoms with Crippen molar-refractivity contribution in [3.8, 4) is 5.75 Å². The first-order valence-electron chi connectivity index (χ1n) is 7.87. The highest BCUT2D eigenvalue weighted by Crippen LogP contribution is 2.38. The van der Waals surface area contributed by atoms with E-state index in [2.05, 4.69) is 4.74 Å². The first-order valence-corrected chi connectivity index (χ1v) is 8.25. The van der Waals surface area contributed by atoms with Crippen molar-refractivity contribution in [1.29, 1.82) is 0 Å². The third-order valence-electron chi connectivity index (χ3n) is 3.64. The molecule has 0 aliphatic rings. The summed E-state index contributed by atoms with van der Waals surface area (Å²) in [5.41, 5.74) is 2.56. The summed E-state index contributed by atoms with van der Waals surface area (Å²) in [5, 5.41) is -0.368. The molecule has 2 aromatic carbocycles. The molecule has 0 spiro atoms. The predicted molar refractivity (Wildman–Crippen MR) is 92.7 cm³/mol. The zero-order chi connectivity index (χ0) is 20.2. The van der Waals surface area contributed by atoms with E-state index in [1.54, 1.807) is 12.2 Å². The van der Waals surface area contributed by atoms with Crippen LogP contribution in [0.5, 0.6) is 5.75 Å². The van der Waals surface area contributed by atoms with E-state index in [0.717, 1.165) is 18.1 Å². The highest BCUT2D eigenvalue weighted by molar-refractivity contribution is 6.32. The molecule has 2 rings (SSSR count). The molecule has 0 radical (unpaired) electrons. The molecule has 0 heterocycles. The van der Waals surface area contributed by atoms with Crippen LogP contribution in [0, 0.1) is 0 Å². The van der Waals surface area contributed by atoms with Crippen molar-refractivity contribution in [2.75, 3.05) is 0 Å². The Kier molecular flexibility index (Phi) is 6.46. The van der Waals surface area contributed by atoms with E-state index < -0.39 is 24.2 Å². The summed E-state index contributed by atoms with van der Waals surface area (Å²) < 4.78 is 79.8. The molecule has 0 aliphatic carbocycles. The summed E-state index contributed by atoms with van der Waals surface area (Å²) in [4.78, 5) is 0. The van der Waals surface area contributed by atoms with Gasteiger partial charge >= 0.3 is 12.3 Å². The van der Waals surface area contributed by atoms with Crippen LogP contribution in [0.1, 0.15) is 23.6 Å². The maximum atomic E-state index is 13.3. The molecule has 2 aromatic rings. The van der Waals surface area contributed by atoms with Gasteiger partial charge in [-0.05, 0) is 35.2 Å². The normalized spacial score (nSPS) is 13.8. The molecule has 146 valence electrons. The summed E-state index contributed by atoms with van der Waals surface area (Å²) in [6.07, 6.45) is -11.0. The van der Waals surface area contributed by atoms with Gasteiger partial charge in [0.2, 0.25) is 0 Å². The van der Waals surface area contributed by atoms with Gasteiger partial charge in [-0.15, -0.1) is 0 Å². The molecule has 0 amide bonds. The highest BCUT2D eigenvalue weighted by atomic mass is 35.5. The fourth-order valence-electron chi connectivity index (χ4n) is 2.15. The fraction of sp³-hybridized carbons (Fsp3) is 0.263. The topological polar surface area (TPSA) is 9.23 Å². The maximum Gasteiger partial charge on any atom is 0.439 e. The summed E-state index contributed by atoms with van der Waals surface area (Å²) in [6.45, 7) is 2.03. The number of aryl methyl sites for hydroxylation is 1. The molecule has 0 N–H and O–H groups in total. The van der Waals surface area contributed by atoms with Crippen LogP contribution in [0.2, 0.25) is 5.02 Å². The van der Waals surface area contributed by atoms with Crippen molar-refractivity contribution in [3.63, 3.8) is 0 Å². The van der Waals surface area contributed by atoms with E-state index in [0.29, 0.717) is 5.56 Å². The second-order valence-electron chi connectivity index (χ2n) is 5.69. The first kappa shape index (κ1) is 21.2. The van der Waals surface area contributed by atoms with E-state index in [4.69, 9.17) is 11.6 Å². The van der Waals surface area contributed by atoms with Crippen molar-refractivity contribution in [2.24, 2.45) is 0 Å². The lowest BCUT2D eigenvalue weighted by Crippen LogP contribution is -2.45. The number of hydrogen-bond donors (Lipinski definition) is 0. The molecular weight excluding hydrogens is 394 g/mol. The Labute approximate surface area is 157 Å². The smallest absolute Gasteiger partial charge is 0.429 e. The van der Waals surface area contributed by atoms with Crippen molar-refractivity contribution >= 4 is 23.8 Å². The van der Waals surface area contributed by atoms with Gasteiger partial charge < -0.3 is 4.74 Å². The zero-order valence-corrected chi connectivity index (χ0v) is 14.8. The van der Waals surface area contributed by atoms with Crippen LogP contribution >= 0.6 is 11.6 Å². The number of rotatable bonds is 6. The molecule has 0 saturated carbocycles. The molecule has 27 heavy (non-hydrogen) atoms. The van der Waals surface area contributed by atoms with Gasteiger partial charge in [0.15, 0.2) is 0 Å². The van der Waals surface area contributed by atoms with Gasteiger partial charge in [-0.2, -0.15) is 22.0 Å². The lowest BCUT2D eigenvalue weighted by atomic mass is 10.1. The van der Waals surface area contributed by atoms with E-state index in [1.807, 2.05) is 31.2 Å². The number of benzene rings is 2. The summed E-state index contributed by atoms with van der Waals surface area (Å²) in [7, 11) is 0. The minimum atomic E-state index is -5.76. The van der Waals surface area contributed by atoms with E-state index in [-0.39, 0.29) is 5.02 Å². The molecule has 0 aromatic heterocycles. The summed E-state index contributed by atoms with van der Waals surface area (Å²) in [6, 6.07) is 11.2. The Hall–Kier alpha value is -2.15. The highest BCUT2D eigenvalue weighted by Gasteiger charge is 2.59. The summed E-state index contributed by atoms with van der Waals surface area (Å²) in [5.74, 6) is -0.752. The first-order chi connectivity index (χ1) is 12.5. The third-order valence-corrected chi connectivity index (χ3v) is 3.94. The maximum absolute atomic E-state index is 13.3. The molecular formula is C19H15ClF6O. The van der Waals surface area contributed by atoms with Gasteiger partial charge in [0, 0.05) is 0 Å².